The minimum absolute atomic E-state index is 0.0275. The molecule has 2 aliphatic rings. The lowest BCUT2D eigenvalue weighted by Gasteiger charge is -2.30. The van der Waals surface area contributed by atoms with Gasteiger partial charge in [-0.05, 0) is 24.7 Å². The van der Waals surface area contributed by atoms with E-state index in [9.17, 15) is 19.2 Å². The molecule has 1 N–H and O–H groups in total. The van der Waals surface area contributed by atoms with E-state index in [1.54, 1.807) is 0 Å². The number of hydrogen-bond acceptors (Lipinski definition) is 4. The molecule has 0 radical (unpaired) electrons. The first-order valence-corrected chi connectivity index (χ1v) is 7.26. The summed E-state index contributed by atoms with van der Waals surface area (Å²) < 4.78 is 0. The van der Waals surface area contributed by atoms with Crippen molar-refractivity contribution in [1.29, 1.82) is 0 Å². The van der Waals surface area contributed by atoms with Crippen molar-refractivity contribution in [1.82, 2.24) is 5.32 Å². The molecule has 1 saturated carbocycles. The van der Waals surface area contributed by atoms with Crippen molar-refractivity contribution in [2.45, 2.75) is 46.0 Å². The average molecular weight is 279 g/mol. The van der Waals surface area contributed by atoms with Gasteiger partial charge in [0.1, 0.15) is 11.6 Å². The fraction of sp³-hybridized carbons (Fsp3) is 0.733. The largest absolute Gasteiger partial charge is 0.299 e. The summed E-state index contributed by atoms with van der Waals surface area (Å²) in [7, 11) is 0. The Bertz CT molecular complexity index is 441. The van der Waals surface area contributed by atoms with Crippen molar-refractivity contribution < 1.29 is 19.2 Å². The summed E-state index contributed by atoms with van der Waals surface area (Å²) in [4.78, 5) is 47.0. The monoisotopic (exact) mass is 279 g/mol. The number of rotatable bonds is 3. The molecule has 2 amide bonds. The second-order valence-electron chi connectivity index (χ2n) is 6.35. The fourth-order valence-corrected chi connectivity index (χ4v) is 3.39. The van der Waals surface area contributed by atoms with Crippen LogP contribution < -0.4 is 5.32 Å². The topological polar surface area (TPSA) is 80.3 Å². The number of imide groups is 1. The average Bonchev–Trinajstić information content (AvgIpc) is 2.32. The van der Waals surface area contributed by atoms with Gasteiger partial charge in [0.15, 0.2) is 0 Å². The maximum absolute atomic E-state index is 12.3. The molecule has 2 fully saturated rings. The van der Waals surface area contributed by atoms with E-state index in [-0.39, 0.29) is 54.5 Å². The summed E-state index contributed by atoms with van der Waals surface area (Å²) in [6, 6.07) is 0. The first-order chi connectivity index (χ1) is 9.36. The molecule has 0 aromatic rings. The van der Waals surface area contributed by atoms with Crippen LogP contribution in [0.15, 0.2) is 0 Å². The molecule has 5 nitrogen and oxygen atoms in total. The van der Waals surface area contributed by atoms with Crippen molar-refractivity contribution in [3.8, 4) is 0 Å². The Kier molecular flexibility index (Phi) is 4.35. The molecule has 0 unspecified atom stereocenters. The molecular weight excluding hydrogens is 258 g/mol. The smallest absolute Gasteiger partial charge is 0.226 e. The highest BCUT2D eigenvalue weighted by molar-refractivity contribution is 6.04. The highest BCUT2D eigenvalue weighted by atomic mass is 16.2. The summed E-state index contributed by atoms with van der Waals surface area (Å²) in [5, 5.41) is 2.23. The molecule has 0 bridgehead atoms. The Balaban J connectivity index is 1.98. The van der Waals surface area contributed by atoms with Gasteiger partial charge in [-0.3, -0.25) is 24.5 Å². The van der Waals surface area contributed by atoms with Gasteiger partial charge in [0.05, 0.1) is 5.92 Å². The lowest BCUT2D eigenvalue weighted by atomic mass is 9.72. The number of nitrogens with one attached hydrogen (secondary N) is 1. The molecule has 1 aliphatic heterocycles. The van der Waals surface area contributed by atoms with Crippen LogP contribution in [0, 0.1) is 23.7 Å². The molecular formula is C15H21NO4. The zero-order chi connectivity index (χ0) is 14.9. The molecule has 20 heavy (non-hydrogen) atoms. The number of hydrogen-bond donors (Lipinski definition) is 1. The highest BCUT2D eigenvalue weighted by Crippen LogP contribution is 2.32. The molecule has 1 saturated heterocycles. The van der Waals surface area contributed by atoms with E-state index in [0.717, 1.165) is 6.42 Å². The third-order valence-electron chi connectivity index (χ3n) is 4.33. The quantitative estimate of drug-likeness (QED) is 0.623. The van der Waals surface area contributed by atoms with Gasteiger partial charge in [0.25, 0.3) is 0 Å². The predicted octanol–water partition coefficient (Wildman–Crippen LogP) is 1.25. The summed E-state index contributed by atoms with van der Waals surface area (Å²) in [6.45, 7) is 3.93. The number of piperidine rings is 1. The van der Waals surface area contributed by atoms with Gasteiger partial charge in [-0.15, -0.1) is 0 Å². The van der Waals surface area contributed by atoms with E-state index in [2.05, 4.69) is 12.2 Å². The molecule has 3 atom stereocenters. The van der Waals surface area contributed by atoms with Crippen LogP contribution in [-0.4, -0.2) is 23.4 Å². The second-order valence-corrected chi connectivity index (χ2v) is 6.35. The predicted molar refractivity (Wildman–Crippen MR) is 71.6 cm³/mol. The van der Waals surface area contributed by atoms with E-state index in [4.69, 9.17) is 0 Å². The van der Waals surface area contributed by atoms with Crippen molar-refractivity contribution in [2.75, 3.05) is 0 Å². The zero-order valence-corrected chi connectivity index (χ0v) is 12.0. The van der Waals surface area contributed by atoms with Crippen molar-refractivity contribution in [3.63, 3.8) is 0 Å². The van der Waals surface area contributed by atoms with Crippen LogP contribution in [-0.2, 0) is 19.2 Å². The normalized spacial score (nSPS) is 32.1. The van der Waals surface area contributed by atoms with E-state index >= 15 is 0 Å². The number of carbonyl (C=O) groups excluding carboxylic acids is 4. The fourth-order valence-electron chi connectivity index (χ4n) is 3.39. The molecule has 110 valence electrons. The maximum atomic E-state index is 12.3. The Morgan fingerprint density at radius 2 is 1.70 bits per heavy atom. The Morgan fingerprint density at radius 3 is 2.30 bits per heavy atom. The first-order valence-electron chi connectivity index (χ1n) is 7.26. The van der Waals surface area contributed by atoms with Crippen molar-refractivity contribution in [3.05, 3.63) is 0 Å². The SMILES string of the molecule is C[C@H]1C[C@H](C(=O)CC2CC(=O)NC(=O)C2)C(=O)[C@H](C)C1. The van der Waals surface area contributed by atoms with Crippen LogP contribution in [0.1, 0.15) is 46.0 Å². The van der Waals surface area contributed by atoms with Gasteiger partial charge in [0, 0.05) is 25.2 Å². The van der Waals surface area contributed by atoms with E-state index < -0.39 is 5.92 Å². The third-order valence-corrected chi connectivity index (χ3v) is 4.33. The van der Waals surface area contributed by atoms with Crippen LogP contribution in [0.3, 0.4) is 0 Å². The molecule has 1 aliphatic carbocycles. The van der Waals surface area contributed by atoms with Gasteiger partial charge in [0.2, 0.25) is 11.8 Å². The van der Waals surface area contributed by atoms with E-state index in [1.807, 2.05) is 6.92 Å². The zero-order valence-electron chi connectivity index (χ0n) is 12.0. The summed E-state index contributed by atoms with van der Waals surface area (Å²) in [6.07, 6.45) is 2.00. The second kappa shape index (κ2) is 5.85. The van der Waals surface area contributed by atoms with Crippen LogP contribution in [0.25, 0.3) is 0 Å². The molecule has 1 heterocycles. The van der Waals surface area contributed by atoms with Gasteiger partial charge in [-0.25, -0.2) is 0 Å². The van der Waals surface area contributed by atoms with Gasteiger partial charge in [-0.1, -0.05) is 13.8 Å². The third kappa shape index (κ3) is 3.32. The summed E-state index contributed by atoms with van der Waals surface area (Å²) in [5.74, 6) is -1.19. The number of Topliss-reactive ketones (excluding diaryl/α,β-unsaturated/α-hetero) is 2. The molecule has 2 rings (SSSR count). The Hall–Kier alpha value is -1.52. The minimum Gasteiger partial charge on any atom is -0.299 e. The van der Waals surface area contributed by atoms with Crippen LogP contribution in [0.5, 0.6) is 0 Å². The Morgan fingerprint density at radius 1 is 1.10 bits per heavy atom. The standard InChI is InChI=1S/C15H21NO4/c1-8-3-9(2)15(20)11(4-8)12(17)5-10-6-13(18)16-14(19)7-10/h8-11H,3-7H2,1-2H3,(H,16,18,19)/t8-,9-,11-/m1/s1. The molecule has 0 aromatic carbocycles. The number of ketones is 2. The maximum Gasteiger partial charge on any atom is 0.226 e. The van der Waals surface area contributed by atoms with Crippen LogP contribution >= 0.6 is 0 Å². The van der Waals surface area contributed by atoms with Crippen molar-refractivity contribution in [2.24, 2.45) is 23.7 Å². The molecule has 0 spiro atoms. The van der Waals surface area contributed by atoms with Crippen molar-refractivity contribution >= 4 is 23.4 Å². The van der Waals surface area contributed by atoms with Gasteiger partial charge < -0.3 is 0 Å². The summed E-state index contributed by atoms with van der Waals surface area (Å²) >= 11 is 0. The van der Waals surface area contributed by atoms with Gasteiger partial charge in [-0.2, -0.15) is 0 Å². The van der Waals surface area contributed by atoms with Gasteiger partial charge >= 0.3 is 0 Å². The molecule has 0 aromatic heterocycles. The highest BCUT2D eigenvalue weighted by Gasteiger charge is 2.38. The number of carbonyl (C=O) groups is 4. The minimum atomic E-state index is -0.533. The first kappa shape index (κ1) is 14.9. The lowest BCUT2D eigenvalue weighted by molar-refractivity contribution is -0.139. The Labute approximate surface area is 118 Å². The van der Waals surface area contributed by atoms with E-state index in [0.29, 0.717) is 12.3 Å². The van der Waals surface area contributed by atoms with E-state index in [1.165, 1.54) is 0 Å². The lowest BCUT2D eigenvalue weighted by Crippen LogP contribution is -2.41. The summed E-state index contributed by atoms with van der Waals surface area (Å²) in [5.41, 5.74) is 0. The molecule has 5 heteroatoms. The van der Waals surface area contributed by atoms with Crippen LogP contribution in [0.2, 0.25) is 0 Å². The number of amides is 2. The van der Waals surface area contributed by atoms with Crippen LogP contribution in [0.4, 0.5) is 0 Å².